The Hall–Kier alpha value is -4.74. The first kappa shape index (κ1) is 38.4. The third-order valence-electron chi connectivity index (χ3n) is 7.26. The number of rotatable bonds is 24. The molecule has 1 aliphatic rings. The maximum Gasteiger partial charge on any atom is 0.407 e. The van der Waals surface area contributed by atoms with E-state index in [1.54, 1.807) is 0 Å². The average Bonchev–Trinajstić information content (AvgIpc) is 3.53. The molecule has 0 aliphatic carbocycles. The Balaban J connectivity index is 1.95. The summed E-state index contributed by atoms with van der Waals surface area (Å²) in [4.78, 5) is 80.9. The molecule has 47 heavy (non-hydrogen) atoms. The zero-order chi connectivity index (χ0) is 34.4. The van der Waals surface area contributed by atoms with Crippen LogP contribution in [0.4, 0.5) is 4.79 Å². The lowest BCUT2D eigenvalue weighted by Crippen LogP contribution is -2.54. The number of alkyl carbamates (subject to hydrolysis) is 1. The molecule has 1 saturated heterocycles. The Bertz CT molecular complexity index is 1160. The van der Waals surface area contributed by atoms with Crippen molar-refractivity contribution in [1.29, 1.82) is 0 Å². The first-order valence-corrected chi connectivity index (χ1v) is 15.5. The maximum atomic E-state index is 13.8. The van der Waals surface area contributed by atoms with E-state index in [4.69, 9.17) is 9.47 Å². The van der Waals surface area contributed by atoms with E-state index < -0.39 is 52.2 Å². The molecule has 0 bridgehead atoms. The zero-order valence-electron chi connectivity index (χ0n) is 26.1. The number of hydrogen-bond donors (Lipinski definition) is 3. The number of esters is 1. The van der Waals surface area contributed by atoms with Crippen LogP contribution in [0.5, 0.6) is 0 Å². The second-order valence-electron chi connectivity index (χ2n) is 10.7. The Labute approximate surface area is 271 Å². The highest BCUT2D eigenvalue weighted by molar-refractivity contribution is 5.88. The number of ether oxygens (including phenoxy) is 2. The van der Waals surface area contributed by atoms with Crippen molar-refractivity contribution in [2.75, 3.05) is 39.5 Å². The summed E-state index contributed by atoms with van der Waals surface area (Å²) in [7, 11) is 0. The summed E-state index contributed by atoms with van der Waals surface area (Å²) in [5.41, 5.74) is 0.942. The van der Waals surface area contributed by atoms with Gasteiger partial charge in [-0.1, -0.05) is 30.3 Å². The number of nitrogens with one attached hydrogen (secondary N) is 2. The maximum absolute atomic E-state index is 13.8. The standard InChI is InChI=1S/C29H43N5O13/c35-26(32-17-8-13-25(32)28(38)44-19-9-21-47-34(42)43)23(31-24(27(36)37)15-14-22-10-2-1-3-11-22)12-4-5-16-30-29(39)45-18-6-7-20-46-33(40)41/h1-3,10-11,23-25,31H,4-9,12-21H2,(H,30,39)(H,36,37). The molecule has 1 aromatic carbocycles. The molecule has 2 rings (SSSR count). The minimum atomic E-state index is -1.12. The lowest BCUT2D eigenvalue weighted by molar-refractivity contribution is -0.757. The normalized spacial score (nSPS) is 15.2. The van der Waals surface area contributed by atoms with Gasteiger partial charge in [-0.25, -0.2) is 9.59 Å². The summed E-state index contributed by atoms with van der Waals surface area (Å²) >= 11 is 0. The Kier molecular flexibility index (Phi) is 17.9. The van der Waals surface area contributed by atoms with Crippen LogP contribution < -0.4 is 10.6 Å². The van der Waals surface area contributed by atoms with Gasteiger partial charge in [0.05, 0.1) is 32.5 Å². The fourth-order valence-electron chi connectivity index (χ4n) is 4.92. The number of amides is 2. The van der Waals surface area contributed by atoms with E-state index in [0.29, 0.717) is 44.9 Å². The minimum absolute atomic E-state index is 0.0546. The van der Waals surface area contributed by atoms with Crippen molar-refractivity contribution in [3.05, 3.63) is 56.1 Å². The van der Waals surface area contributed by atoms with Crippen LogP contribution >= 0.6 is 0 Å². The molecule has 0 radical (unpaired) electrons. The van der Waals surface area contributed by atoms with Crippen LogP contribution in [0.15, 0.2) is 30.3 Å². The monoisotopic (exact) mass is 669 g/mol. The molecule has 3 unspecified atom stereocenters. The highest BCUT2D eigenvalue weighted by Gasteiger charge is 2.39. The first-order valence-electron chi connectivity index (χ1n) is 15.5. The lowest BCUT2D eigenvalue weighted by Gasteiger charge is -2.30. The smallest absolute Gasteiger partial charge is 0.407 e. The van der Waals surface area contributed by atoms with Crippen LogP contribution in [0, 0.1) is 20.2 Å². The number of carbonyl (C=O) groups is 4. The van der Waals surface area contributed by atoms with Crippen molar-refractivity contribution >= 4 is 23.9 Å². The van der Waals surface area contributed by atoms with E-state index in [-0.39, 0.29) is 58.8 Å². The zero-order valence-corrected chi connectivity index (χ0v) is 26.1. The molecule has 1 heterocycles. The summed E-state index contributed by atoms with van der Waals surface area (Å²) in [6, 6.07) is 6.46. The third-order valence-corrected chi connectivity index (χ3v) is 7.26. The lowest BCUT2D eigenvalue weighted by atomic mass is 10.0. The van der Waals surface area contributed by atoms with Crippen LogP contribution in [0.3, 0.4) is 0 Å². The molecule has 2 amide bonds. The van der Waals surface area contributed by atoms with Gasteiger partial charge >= 0.3 is 18.0 Å². The molecule has 0 saturated carbocycles. The van der Waals surface area contributed by atoms with Gasteiger partial charge < -0.3 is 34.5 Å². The highest BCUT2D eigenvalue weighted by atomic mass is 17.0. The van der Waals surface area contributed by atoms with Crippen molar-refractivity contribution < 1.29 is 53.6 Å². The predicted octanol–water partition coefficient (Wildman–Crippen LogP) is 2.05. The molecule has 1 aliphatic heterocycles. The summed E-state index contributed by atoms with van der Waals surface area (Å²) in [6.07, 6.45) is 2.80. The number of nitrogens with zero attached hydrogens (tertiary/aromatic N) is 3. The van der Waals surface area contributed by atoms with Crippen LogP contribution in [0.1, 0.15) is 63.4 Å². The molecule has 0 aromatic heterocycles. The summed E-state index contributed by atoms with van der Waals surface area (Å²) < 4.78 is 10.2. The molecule has 1 aromatic rings. The van der Waals surface area contributed by atoms with Crippen molar-refractivity contribution in [3.63, 3.8) is 0 Å². The van der Waals surface area contributed by atoms with Crippen molar-refractivity contribution in [2.24, 2.45) is 0 Å². The molecular formula is C29H43N5O13. The van der Waals surface area contributed by atoms with Gasteiger partial charge in [0.1, 0.15) is 12.1 Å². The second kappa shape index (κ2) is 21.9. The molecule has 18 nitrogen and oxygen atoms in total. The number of unbranched alkanes of at least 4 members (excludes halogenated alkanes) is 2. The van der Waals surface area contributed by atoms with Gasteiger partial charge in [-0.2, -0.15) is 0 Å². The average molecular weight is 670 g/mol. The number of aliphatic carboxylic acids is 1. The van der Waals surface area contributed by atoms with E-state index in [1.165, 1.54) is 4.90 Å². The second-order valence-corrected chi connectivity index (χ2v) is 10.7. The number of carboxylic acid groups (broad SMARTS) is 1. The fourth-order valence-corrected chi connectivity index (χ4v) is 4.92. The highest BCUT2D eigenvalue weighted by Crippen LogP contribution is 2.21. The quantitative estimate of drug-likeness (QED) is 0.0618. The van der Waals surface area contributed by atoms with E-state index in [1.807, 2.05) is 30.3 Å². The van der Waals surface area contributed by atoms with Gasteiger partial charge in [0.15, 0.2) is 0 Å². The number of likely N-dealkylation sites (tertiary alicyclic amines) is 1. The van der Waals surface area contributed by atoms with E-state index in [0.717, 1.165) is 5.56 Å². The molecule has 0 spiro atoms. The molecule has 3 N–H and O–H groups in total. The van der Waals surface area contributed by atoms with Crippen molar-refractivity contribution in [3.8, 4) is 0 Å². The van der Waals surface area contributed by atoms with Crippen LogP contribution in [0.2, 0.25) is 0 Å². The summed E-state index contributed by atoms with van der Waals surface area (Å²) in [6.45, 7) is 0.0840. The molecule has 3 atom stereocenters. The van der Waals surface area contributed by atoms with Crippen LogP contribution in [-0.2, 0) is 40.0 Å². The van der Waals surface area contributed by atoms with E-state index in [9.17, 15) is 44.5 Å². The summed E-state index contributed by atoms with van der Waals surface area (Å²) in [5.74, 6) is -2.22. The Morgan fingerprint density at radius 3 is 2.21 bits per heavy atom. The largest absolute Gasteiger partial charge is 0.480 e. The van der Waals surface area contributed by atoms with Gasteiger partial charge in [0.2, 0.25) is 5.91 Å². The Morgan fingerprint density at radius 2 is 1.53 bits per heavy atom. The molecule has 262 valence electrons. The SMILES string of the molecule is O=C(NCCCCC(NC(CCc1ccccc1)C(=O)O)C(=O)N1CCCC1C(=O)OCCCO[N+](=O)[O-])OCCCCO[N+](=O)[O-]. The van der Waals surface area contributed by atoms with Crippen molar-refractivity contribution in [2.45, 2.75) is 82.3 Å². The van der Waals surface area contributed by atoms with Crippen LogP contribution in [-0.4, -0.2) is 102 Å². The molecule has 1 fully saturated rings. The van der Waals surface area contributed by atoms with E-state index >= 15 is 0 Å². The topological polar surface area (TPSA) is 239 Å². The number of carboxylic acids is 1. The van der Waals surface area contributed by atoms with Crippen LogP contribution in [0.25, 0.3) is 0 Å². The minimum Gasteiger partial charge on any atom is -0.480 e. The Morgan fingerprint density at radius 1 is 0.872 bits per heavy atom. The molecule has 18 heteroatoms. The number of benzene rings is 1. The van der Waals surface area contributed by atoms with Gasteiger partial charge in [0.25, 0.3) is 10.2 Å². The fraction of sp³-hybridized carbons (Fsp3) is 0.655. The van der Waals surface area contributed by atoms with E-state index in [2.05, 4.69) is 20.3 Å². The van der Waals surface area contributed by atoms with Gasteiger partial charge in [0, 0.05) is 19.5 Å². The number of carbonyl (C=O) groups excluding carboxylic acids is 3. The predicted molar refractivity (Wildman–Crippen MR) is 162 cm³/mol. The number of aryl methyl sites for hydroxylation is 1. The number of hydrogen-bond acceptors (Lipinski definition) is 13. The molecular weight excluding hydrogens is 626 g/mol. The van der Waals surface area contributed by atoms with Gasteiger partial charge in [-0.15, -0.1) is 20.2 Å². The third kappa shape index (κ3) is 15.9. The first-order chi connectivity index (χ1) is 22.6. The van der Waals surface area contributed by atoms with Gasteiger partial charge in [-0.05, 0) is 63.4 Å². The van der Waals surface area contributed by atoms with Crippen molar-refractivity contribution in [1.82, 2.24) is 15.5 Å². The van der Waals surface area contributed by atoms with Gasteiger partial charge in [-0.3, -0.25) is 14.9 Å². The summed E-state index contributed by atoms with van der Waals surface area (Å²) in [5, 5.41) is 34.1.